The summed E-state index contributed by atoms with van der Waals surface area (Å²) >= 11 is 0. The van der Waals surface area contributed by atoms with E-state index in [1.54, 1.807) is 30.3 Å². The lowest BCUT2D eigenvalue weighted by atomic mass is 9.79. The molecule has 1 saturated carbocycles. The maximum absolute atomic E-state index is 12.7. The first kappa shape index (κ1) is 14.3. The second kappa shape index (κ2) is 5.26. The standard InChI is InChI=1S/C17H18O3S/c1-12-6-9-14(10-7-12)21(19,20)16-11-8-13-4-2-3-5-15(13)17(16)18/h2-3,5-7,9-10,13,16H,4,8,11H2,1H3. The van der Waals surface area contributed by atoms with Crippen LogP contribution in [0.5, 0.6) is 0 Å². The smallest absolute Gasteiger partial charge is 0.188 e. The minimum Gasteiger partial charge on any atom is -0.293 e. The van der Waals surface area contributed by atoms with Crippen molar-refractivity contribution in [1.29, 1.82) is 0 Å². The van der Waals surface area contributed by atoms with Gasteiger partial charge < -0.3 is 0 Å². The molecule has 0 amide bonds. The SMILES string of the molecule is Cc1ccc(S(=O)(=O)C2CCC3CC=CC=C3C2=O)cc1. The van der Waals surface area contributed by atoms with Gasteiger partial charge in [0.25, 0.3) is 0 Å². The van der Waals surface area contributed by atoms with Crippen LogP contribution in [0, 0.1) is 12.8 Å². The Bertz CT molecular complexity index is 724. The third-order valence-corrected chi connectivity index (χ3v) is 6.48. The van der Waals surface area contributed by atoms with E-state index in [1.807, 2.05) is 19.1 Å². The molecule has 0 aromatic heterocycles. The van der Waals surface area contributed by atoms with Crippen molar-refractivity contribution in [3.05, 3.63) is 53.6 Å². The molecule has 1 aromatic rings. The van der Waals surface area contributed by atoms with Crippen molar-refractivity contribution in [1.82, 2.24) is 0 Å². The van der Waals surface area contributed by atoms with Crippen LogP contribution in [0.25, 0.3) is 0 Å². The Morgan fingerprint density at radius 2 is 1.81 bits per heavy atom. The van der Waals surface area contributed by atoms with E-state index in [4.69, 9.17) is 0 Å². The van der Waals surface area contributed by atoms with Crippen LogP contribution >= 0.6 is 0 Å². The number of hydrogen-bond acceptors (Lipinski definition) is 3. The number of aryl methyl sites for hydroxylation is 1. The number of rotatable bonds is 2. The van der Waals surface area contributed by atoms with Crippen LogP contribution in [0.4, 0.5) is 0 Å². The van der Waals surface area contributed by atoms with E-state index in [2.05, 4.69) is 0 Å². The summed E-state index contributed by atoms with van der Waals surface area (Å²) in [5.74, 6) is -0.0110. The molecular formula is C17H18O3S. The average molecular weight is 302 g/mol. The van der Waals surface area contributed by atoms with E-state index in [0.29, 0.717) is 12.0 Å². The van der Waals surface area contributed by atoms with E-state index >= 15 is 0 Å². The Hall–Kier alpha value is -1.68. The van der Waals surface area contributed by atoms with E-state index in [-0.39, 0.29) is 16.6 Å². The molecular weight excluding hydrogens is 284 g/mol. The van der Waals surface area contributed by atoms with Crippen molar-refractivity contribution in [2.75, 3.05) is 0 Å². The first-order valence-corrected chi connectivity index (χ1v) is 8.76. The number of Topliss-reactive ketones (excluding diaryl/α,β-unsaturated/α-hetero) is 1. The van der Waals surface area contributed by atoms with Crippen molar-refractivity contribution in [2.24, 2.45) is 5.92 Å². The number of ketones is 1. The molecule has 2 unspecified atom stereocenters. The fourth-order valence-electron chi connectivity index (χ4n) is 3.09. The van der Waals surface area contributed by atoms with Gasteiger partial charge in [-0.15, -0.1) is 0 Å². The summed E-state index contributed by atoms with van der Waals surface area (Å²) in [6, 6.07) is 6.73. The molecule has 2 atom stereocenters. The first-order valence-electron chi connectivity index (χ1n) is 7.21. The number of carbonyl (C=O) groups excluding carboxylic acids is 1. The zero-order valence-electron chi connectivity index (χ0n) is 12.0. The molecule has 1 aromatic carbocycles. The lowest BCUT2D eigenvalue weighted by Gasteiger charge is -2.30. The zero-order chi connectivity index (χ0) is 15.0. The highest BCUT2D eigenvalue weighted by Gasteiger charge is 2.41. The predicted molar refractivity (Wildman–Crippen MR) is 81.7 cm³/mol. The highest BCUT2D eigenvalue weighted by Crippen LogP contribution is 2.36. The van der Waals surface area contributed by atoms with Crippen LogP contribution in [-0.4, -0.2) is 19.5 Å². The molecule has 0 aliphatic heterocycles. The molecule has 3 nitrogen and oxygen atoms in total. The normalized spacial score (nSPS) is 25.4. The van der Waals surface area contributed by atoms with Crippen LogP contribution in [0.1, 0.15) is 24.8 Å². The first-order chi connectivity index (χ1) is 10.00. The maximum Gasteiger partial charge on any atom is 0.188 e. The number of sulfone groups is 1. The zero-order valence-corrected chi connectivity index (χ0v) is 12.8. The van der Waals surface area contributed by atoms with Gasteiger partial charge in [0.1, 0.15) is 5.25 Å². The molecule has 4 heteroatoms. The van der Waals surface area contributed by atoms with Gasteiger partial charge in [0.05, 0.1) is 4.90 Å². The second-order valence-corrected chi connectivity index (χ2v) is 7.90. The maximum atomic E-state index is 12.7. The lowest BCUT2D eigenvalue weighted by Crippen LogP contribution is -2.38. The topological polar surface area (TPSA) is 51.2 Å². The van der Waals surface area contributed by atoms with Crippen molar-refractivity contribution in [2.45, 2.75) is 36.3 Å². The van der Waals surface area contributed by atoms with Crippen molar-refractivity contribution >= 4 is 15.6 Å². The van der Waals surface area contributed by atoms with Gasteiger partial charge in [-0.3, -0.25) is 4.79 Å². The van der Waals surface area contributed by atoms with Gasteiger partial charge in [-0.1, -0.05) is 35.9 Å². The molecule has 0 radical (unpaired) electrons. The fourth-order valence-corrected chi connectivity index (χ4v) is 4.80. The van der Waals surface area contributed by atoms with Gasteiger partial charge in [-0.25, -0.2) is 8.42 Å². The Kier molecular flexibility index (Phi) is 3.57. The number of hydrogen-bond donors (Lipinski definition) is 0. The Morgan fingerprint density at radius 3 is 2.52 bits per heavy atom. The highest BCUT2D eigenvalue weighted by atomic mass is 32.2. The lowest BCUT2D eigenvalue weighted by molar-refractivity contribution is -0.116. The molecule has 21 heavy (non-hydrogen) atoms. The number of carbonyl (C=O) groups is 1. The minimum absolute atomic E-state index is 0.201. The summed E-state index contributed by atoms with van der Waals surface area (Å²) < 4.78 is 25.4. The molecule has 0 heterocycles. The Balaban J connectivity index is 1.96. The third kappa shape index (κ3) is 2.48. The van der Waals surface area contributed by atoms with Crippen LogP contribution in [0.2, 0.25) is 0 Å². The quantitative estimate of drug-likeness (QED) is 0.844. The van der Waals surface area contributed by atoms with Crippen LogP contribution in [0.3, 0.4) is 0 Å². The molecule has 2 aliphatic rings. The summed E-state index contributed by atoms with van der Waals surface area (Å²) in [4.78, 5) is 12.8. The molecule has 0 bridgehead atoms. The highest BCUT2D eigenvalue weighted by molar-refractivity contribution is 7.92. The number of benzene rings is 1. The number of allylic oxidation sites excluding steroid dienone is 4. The van der Waals surface area contributed by atoms with Crippen LogP contribution in [-0.2, 0) is 14.6 Å². The fraction of sp³-hybridized carbons (Fsp3) is 0.353. The van der Waals surface area contributed by atoms with E-state index < -0.39 is 15.1 Å². The summed E-state index contributed by atoms with van der Waals surface area (Å²) in [6.45, 7) is 1.91. The van der Waals surface area contributed by atoms with Gasteiger partial charge in [0.2, 0.25) is 0 Å². The van der Waals surface area contributed by atoms with E-state index in [1.165, 1.54) is 0 Å². The predicted octanol–water partition coefficient (Wildman–Crippen LogP) is 3.00. The van der Waals surface area contributed by atoms with Crippen molar-refractivity contribution in [3.8, 4) is 0 Å². The summed E-state index contributed by atoms with van der Waals surface area (Å²) in [6.07, 6.45) is 7.70. The van der Waals surface area contributed by atoms with Gasteiger partial charge >= 0.3 is 0 Å². The molecule has 0 saturated heterocycles. The molecule has 2 aliphatic carbocycles. The molecule has 0 spiro atoms. The van der Waals surface area contributed by atoms with Gasteiger partial charge in [0, 0.05) is 0 Å². The third-order valence-electron chi connectivity index (χ3n) is 4.35. The summed E-state index contributed by atoms with van der Waals surface area (Å²) in [5.41, 5.74) is 1.69. The Labute approximate surface area is 125 Å². The number of fused-ring (bicyclic) bond motifs is 1. The van der Waals surface area contributed by atoms with Gasteiger partial charge in [-0.05, 0) is 49.8 Å². The second-order valence-electron chi connectivity index (χ2n) is 5.77. The average Bonchev–Trinajstić information content (AvgIpc) is 2.48. The molecule has 0 N–H and O–H groups in total. The summed E-state index contributed by atoms with van der Waals surface area (Å²) in [7, 11) is -3.59. The molecule has 110 valence electrons. The van der Waals surface area contributed by atoms with E-state index in [9.17, 15) is 13.2 Å². The molecule has 1 fully saturated rings. The van der Waals surface area contributed by atoms with Crippen LogP contribution in [0.15, 0.2) is 53.0 Å². The van der Waals surface area contributed by atoms with Gasteiger partial charge in [0.15, 0.2) is 15.6 Å². The molecule has 3 rings (SSSR count). The van der Waals surface area contributed by atoms with Gasteiger partial charge in [-0.2, -0.15) is 0 Å². The Morgan fingerprint density at radius 1 is 1.10 bits per heavy atom. The monoisotopic (exact) mass is 302 g/mol. The largest absolute Gasteiger partial charge is 0.293 e. The minimum atomic E-state index is -3.59. The van der Waals surface area contributed by atoms with Crippen molar-refractivity contribution < 1.29 is 13.2 Å². The summed E-state index contributed by atoms with van der Waals surface area (Å²) in [5, 5.41) is -0.922. The van der Waals surface area contributed by atoms with E-state index in [0.717, 1.165) is 18.4 Å². The van der Waals surface area contributed by atoms with Crippen LogP contribution < -0.4 is 0 Å². The van der Waals surface area contributed by atoms with Crippen molar-refractivity contribution in [3.63, 3.8) is 0 Å².